The van der Waals surface area contributed by atoms with E-state index in [4.69, 9.17) is 16.4 Å². The summed E-state index contributed by atoms with van der Waals surface area (Å²) in [5.41, 5.74) is 3.70. The van der Waals surface area contributed by atoms with Crippen LogP contribution in [0.1, 0.15) is 29.2 Å². The molecular formula is C25H24ClFN2O2. The zero-order valence-electron chi connectivity index (χ0n) is 17.0. The molecule has 0 bridgehead atoms. The third kappa shape index (κ3) is 5.91. The van der Waals surface area contributed by atoms with Crippen LogP contribution in [0.3, 0.4) is 0 Å². The summed E-state index contributed by atoms with van der Waals surface area (Å²) < 4.78 is 13.3. The van der Waals surface area contributed by atoms with Gasteiger partial charge in [-0.1, -0.05) is 71.4 Å². The molecule has 0 spiro atoms. The van der Waals surface area contributed by atoms with Crippen molar-refractivity contribution in [3.05, 3.63) is 106 Å². The second kappa shape index (κ2) is 10.1. The second-order valence-corrected chi connectivity index (χ2v) is 8.16. The van der Waals surface area contributed by atoms with Gasteiger partial charge >= 0.3 is 0 Å². The third-order valence-corrected chi connectivity index (χ3v) is 5.56. The van der Waals surface area contributed by atoms with Crippen molar-refractivity contribution in [3.63, 3.8) is 0 Å². The Bertz CT molecular complexity index is 1010. The number of benzene rings is 3. The average molecular weight is 439 g/mol. The minimum Gasteiger partial charge on any atom is -0.390 e. The third-order valence-electron chi connectivity index (χ3n) is 5.31. The van der Waals surface area contributed by atoms with Crippen LogP contribution in [0.15, 0.2) is 84.0 Å². The van der Waals surface area contributed by atoms with E-state index in [1.54, 1.807) is 12.1 Å². The number of oxime groups is 1. The van der Waals surface area contributed by atoms with E-state index in [-0.39, 0.29) is 11.9 Å². The molecule has 31 heavy (non-hydrogen) atoms. The maximum Gasteiger partial charge on any atom is 0.145 e. The zero-order valence-corrected chi connectivity index (χ0v) is 17.8. The van der Waals surface area contributed by atoms with Gasteiger partial charge in [0.15, 0.2) is 0 Å². The predicted octanol–water partition coefficient (Wildman–Crippen LogP) is 5.21. The van der Waals surface area contributed by atoms with E-state index in [9.17, 15) is 9.50 Å². The number of halogens is 2. The Balaban J connectivity index is 1.43. The summed E-state index contributed by atoms with van der Waals surface area (Å²) in [6.45, 7) is 1.58. The Morgan fingerprint density at radius 2 is 1.74 bits per heavy atom. The highest BCUT2D eigenvalue weighted by atomic mass is 35.5. The van der Waals surface area contributed by atoms with Gasteiger partial charge in [0, 0.05) is 31.1 Å². The van der Waals surface area contributed by atoms with Crippen LogP contribution in [0.4, 0.5) is 4.39 Å². The van der Waals surface area contributed by atoms with E-state index < -0.39 is 6.10 Å². The van der Waals surface area contributed by atoms with Crippen LogP contribution < -0.4 is 0 Å². The predicted molar refractivity (Wildman–Crippen MR) is 121 cm³/mol. The number of nitrogens with zero attached hydrogens (tertiary/aromatic N) is 2. The highest BCUT2D eigenvalue weighted by molar-refractivity contribution is 6.30. The van der Waals surface area contributed by atoms with Crippen LogP contribution in [0.5, 0.6) is 0 Å². The summed E-state index contributed by atoms with van der Waals surface area (Å²) in [4.78, 5) is 7.82. The van der Waals surface area contributed by atoms with Gasteiger partial charge in [0.1, 0.15) is 11.9 Å². The van der Waals surface area contributed by atoms with E-state index in [0.29, 0.717) is 31.1 Å². The van der Waals surface area contributed by atoms with Gasteiger partial charge < -0.3 is 9.94 Å². The summed E-state index contributed by atoms with van der Waals surface area (Å²) in [6, 6.07) is 23.6. The quantitative estimate of drug-likeness (QED) is 0.525. The summed E-state index contributed by atoms with van der Waals surface area (Å²) >= 11 is 5.98. The summed E-state index contributed by atoms with van der Waals surface area (Å²) in [6.07, 6.45) is -0.1000. The molecule has 3 aromatic carbocycles. The molecule has 0 unspecified atom stereocenters. The van der Waals surface area contributed by atoms with Crippen molar-refractivity contribution in [2.24, 2.45) is 5.16 Å². The topological polar surface area (TPSA) is 45.1 Å². The van der Waals surface area contributed by atoms with Crippen LogP contribution in [0.2, 0.25) is 5.02 Å². The lowest BCUT2D eigenvalue weighted by atomic mass is 10.0. The number of rotatable bonds is 8. The molecule has 0 amide bonds. The van der Waals surface area contributed by atoms with Crippen molar-refractivity contribution in [1.29, 1.82) is 0 Å². The lowest BCUT2D eigenvalue weighted by molar-refractivity contribution is 0.0318. The fourth-order valence-corrected chi connectivity index (χ4v) is 3.83. The minimum absolute atomic E-state index is 0.130. The Kier molecular flexibility index (Phi) is 6.97. The number of aliphatic hydroxyl groups excluding tert-OH is 1. The first-order chi connectivity index (χ1) is 15.1. The minimum atomic E-state index is -0.639. The first-order valence-corrected chi connectivity index (χ1v) is 10.6. The Morgan fingerprint density at radius 1 is 1.03 bits per heavy atom. The molecule has 4 nitrogen and oxygen atoms in total. The van der Waals surface area contributed by atoms with Crippen molar-refractivity contribution in [3.8, 4) is 0 Å². The Hall–Kier alpha value is -2.73. The van der Waals surface area contributed by atoms with Crippen molar-refractivity contribution in [2.45, 2.75) is 25.2 Å². The molecule has 3 aromatic rings. The summed E-state index contributed by atoms with van der Waals surface area (Å²) in [5, 5.41) is 15.7. The van der Waals surface area contributed by atoms with Gasteiger partial charge in [-0.2, -0.15) is 0 Å². The van der Waals surface area contributed by atoms with Gasteiger partial charge in [-0.05, 0) is 41.0 Å². The fraction of sp³-hybridized carbons (Fsp3) is 0.240. The average Bonchev–Trinajstić information content (AvgIpc) is 3.25. The van der Waals surface area contributed by atoms with Crippen molar-refractivity contribution < 1.29 is 14.3 Å². The summed E-state index contributed by atoms with van der Waals surface area (Å²) in [7, 11) is 0. The smallest absolute Gasteiger partial charge is 0.145 e. The van der Waals surface area contributed by atoms with Crippen LogP contribution in [-0.2, 0) is 11.4 Å². The van der Waals surface area contributed by atoms with Crippen molar-refractivity contribution >= 4 is 17.3 Å². The molecule has 1 N–H and O–H groups in total. The van der Waals surface area contributed by atoms with Gasteiger partial charge in [-0.3, -0.25) is 4.90 Å². The van der Waals surface area contributed by atoms with Crippen molar-refractivity contribution in [2.75, 3.05) is 13.1 Å². The second-order valence-electron chi connectivity index (χ2n) is 7.72. The maximum absolute atomic E-state index is 13.3. The number of aliphatic hydroxyl groups is 1. The molecule has 6 heteroatoms. The molecule has 1 aliphatic heterocycles. The maximum atomic E-state index is 13.3. The Morgan fingerprint density at radius 3 is 2.45 bits per heavy atom. The number of hydrogen-bond acceptors (Lipinski definition) is 4. The zero-order chi connectivity index (χ0) is 21.6. The lowest BCUT2D eigenvalue weighted by Crippen LogP contribution is -2.35. The van der Waals surface area contributed by atoms with Gasteiger partial charge in [-0.25, -0.2) is 4.39 Å². The Labute approximate surface area is 186 Å². The van der Waals surface area contributed by atoms with Crippen LogP contribution in [-0.4, -0.2) is 34.9 Å². The largest absolute Gasteiger partial charge is 0.390 e. The molecule has 0 radical (unpaired) electrons. The monoisotopic (exact) mass is 438 g/mol. The van der Waals surface area contributed by atoms with Crippen LogP contribution in [0, 0.1) is 5.82 Å². The molecule has 0 fully saturated rings. The molecule has 4 rings (SSSR count). The molecule has 0 aromatic heterocycles. The van der Waals surface area contributed by atoms with Gasteiger partial charge in [0.05, 0.1) is 11.8 Å². The van der Waals surface area contributed by atoms with Gasteiger partial charge in [0.2, 0.25) is 0 Å². The molecule has 0 saturated heterocycles. The van der Waals surface area contributed by atoms with E-state index in [2.05, 4.69) is 10.1 Å². The fourth-order valence-electron chi connectivity index (χ4n) is 3.70. The molecule has 160 valence electrons. The molecule has 1 heterocycles. The highest BCUT2D eigenvalue weighted by Gasteiger charge is 2.26. The summed E-state index contributed by atoms with van der Waals surface area (Å²) in [5.74, 6) is -0.264. The van der Waals surface area contributed by atoms with Crippen LogP contribution in [0.25, 0.3) is 0 Å². The van der Waals surface area contributed by atoms with Gasteiger partial charge in [-0.15, -0.1) is 0 Å². The molecule has 0 saturated carbocycles. The molecular weight excluding hydrogens is 415 g/mol. The van der Waals surface area contributed by atoms with E-state index in [1.165, 1.54) is 12.1 Å². The van der Waals surface area contributed by atoms with Crippen molar-refractivity contribution in [1.82, 2.24) is 4.90 Å². The first kappa shape index (κ1) is 21.5. The van der Waals surface area contributed by atoms with Gasteiger partial charge in [0.25, 0.3) is 0 Å². The van der Waals surface area contributed by atoms with E-state index in [1.807, 2.05) is 54.6 Å². The molecule has 1 aliphatic rings. The standard InChI is InChI=1S/C25H24ClFN2O2/c26-21-10-8-19(9-11-21)24-14-23(31-28-24)16-29(15-18-6-12-22(27)13-7-18)17-25(30)20-4-2-1-3-5-20/h1-13,23,25,30H,14-17H2/t23-,25-/m1/s1. The molecule has 0 aliphatic carbocycles. The van der Waals surface area contributed by atoms with Crippen LogP contribution >= 0.6 is 11.6 Å². The van der Waals surface area contributed by atoms with E-state index >= 15 is 0 Å². The normalized spacial score (nSPS) is 16.8. The first-order valence-electron chi connectivity index (χ1n) is 10.3. The number of hydrogen-bond donors (Lipinski definition) is 1. The SMILES string of the molecule is O[C@H](CN(Cc1ccc(F)cc1)C[C@H]1CC(c2ccc(Cl)cc2)=NO1)c1ccccc1. The van der Waals surface area contributed by atoms with E-state index in [0.717, 1.165) is 22.4 Å². The highest BCUT2D eigenvalue weighted by Crippen LogP contribution is 2.22. The molecule has 2 atom stereocenters. The lowest BCUT2D eigenvalue weighted by Gasteiger charge is -2.27.